The van der Waals surface area contributed by atoms with E-state index in [9.17, 15) is 15.0 Å². The van der Waals surface area contributed by atoms with Gasteiger partial charge in [-0.1, -0.05) is 17.7 Å². The predicted molar refractivity (Wildman–Crippen MR) is 63.1 cm³/mol. The Morgan fingerprint density at radius 2 is 2.06 bits per heavy atom. The molecule has 2 unspecified atom stereocenters. The van der Waals surface area contributed by atoms with Gasteiger partial charge in [0.1, 0.15) is 6.10 Å². The maximum atomic E-state index is 11.1. The number of hydrogen-bond acceptors (Lipinski definition) is 3. The second-order valence-electron chi connectivity index (χ2n) is 3.46. The Bertz CT molecular complexity index is 393. The summed E-state index contributed by atoms with van der Waals surface area (Å²) < 4.78 is 0. The Kier molecular flexibility index (Phi) is 4.74. The van der Waals surface area contributed by atoms with Crippen LogP contribution in [0.4, 0.5) is 0 Å². The summed E-state index contributed by atoms with van der Waals surface area (Å²) in [6, 6.07) is 4.52. The molecule has 0 aliphatic rings. The van der Waals surface area contributed by atoms with Gasteiger partial charge in [0.15, 0.2) is 5.78 Å². The molecule has 0 aliphatic heterocycles. The lowest BCUT2D eigenvalue weighted by atomic mass is 10.0. The quantitative estimate of drug-likeness (QED) is 0.646. The number of carbonyl (C=O) groups excluding carboxylic acids is 1. The molecule has 88 valence electrons. The number of carbonyl (C=O) groups is 1. The van der Waals surface area contributed by atoms with Crippen LogP contribution in [0.3, 0.4) is 0 Å². The monoisotopic (exact) mass is 262 g/mol. The summed E-state index contributed by atoms with van der Waals surface area (Å²) in [4.78, 5) is 11.1. The molecule has 0 spiro atoms. The summed E-state index contributed by atoms with van der Waals surface area (Å²) in [5, 5.41) is 19.3. The molecule has 5 heteroatoms. The van der Waals surface area contributed by atoms with E-state index in [0.29, 0.717) is 11.1 Å². The highest BCUT2D eigenvalue weighted by Crippen LogP contribution is 2.24. The molecule has 0 aliphatic carbocycles. The predicted octanol–water partition coefficient (Wildman–Crippen LogP) is 2.18. The molecule has 3 nitrogen and oxygen atoms in total. The van der Waals surface area contributed by atoms with E-state index in [0.717, 1.165) is 0 Å². The number of aliphatic hydroxyl groups excluding tert-OH is 2. The fourth-order valence-corrected chi connectivity index (χ4v) is 1.80. The van der Waals surface area contributed by atoms with Crippen LogP contribution in [0.5, 0.6) is 0 Å². The highest BCUT2D eigenvalue weighted by molar-refractivity contribution is 6.33. The Labute approximate surface area is 104 Å². The van der Waals surface area contributed by atoms with Crippen molar-refractivity contribution in [3.63, 3.8) is 0 Å². The Morgan fingerprint density at radius 3 is 2.50 bits per heavy atom. The van der Waals surface area contributed by atoms with Crippen LogP contribution in [0.15, 0.2) is 18.2 Å². The van der Waals surface area contributed by atoms with Crippen LogP contribution in [-0.4, -0.2) is 28.0 Å². The van der Waals surface area contributed by atoms with Crippen LogP contribution in [0.25, 0.3) is 0 Å². The molecule has 1 aromatic carbocycles. The average Bonchev–Trinajstić information content (AvgIpc) is 2.26. The maximum Gasteiger partial charge on any atom is 0.161 e. The van der Waals surface area contributed by atoms with Crippen molar-refractivity contribution < 1.29 is 15.0 Å². The van der Waals surface area contributed by atoms with Gasteiger partial charge >= 0.3 is 0 Å². The Balaban J connectivity index is 3.01. The van der Waals surface area contributed by atoms with Crippen molar-refractivity contribution in [2.45, 2.75) is 19.1 Å². The van der Waals surface area contributed by atoms with Crippen molar-refractivity contribution >= 4 is 29.0 Å². The van der Waals surface area contributed by atoms with E-state index in [1.807, 2.05) is 0 Å². The number of ketones is 1. The zero-order valence-electron chi connectivity index (χ0n) is 8.65. The lowest BCUT2D eigenvalue weighted by molar-refractivity contribution is 0.0327. The van der Waals surface area contributed by atoms with Crippen molar-refractivity contribution in [1.29, 1.82) is 0 Å². The summed E-state index contributed by atoms with van der Waals surface area (Å²) in [5.41, 5.74) is 0.820. The van der Waals surface area contributed by atoms with Gasteiger partial charge in [0, 0.05) is 5.56 Å². The van der Waals surface area contributed by atoms with E-state index in [4.69, 9.17) is 23.2 Å². The highest BCUT2D eigenvalue weighted by atomic mass is 35.5. The fraction of sp³-hybridized carbons (Fsp3) is 0.364. The smallest absolute Gasteiger partial charge is 0.161 e. The Hall–Kier alpha value is -0.610. The number of aliphatic hydroxyl groups is 2. The minimum absolute atomic E-state index is 0.0761. The lowest BCUT2D eigenvalue weighted by Gasteiger charge is -2.16. The van der Waals surface area contributed by atoms with Gasteiger partial charge in [-0.15, -0.1) is 11.6 Å². The zero-order chi connectivity index (χ0) is 12.3. The van der Waals surface area contributed by atoms with Gasteiger partial charge in [-0.05, 0) is 24.6 Å². The molecule has 0 saturated heterocycles. The summed E-state index contributed by atoms with van der Waals surface area (Å²) in [6.45, 7) is 1.41. The summed E-state index contributed by atoms with van der Waals surface area (Å²) >= 11 is 11.3. The number of rotatable bonds is 4. The van der Waals surface area contributed by atoms with Crippen molar-refractivity contribution in [3.05, 3.63) is 34.3 Å². The minimum Gasteiger partial charge on any atom is -0.389 e. The summed E-state index contributed by atoms with van der Waals surface area (Å²) in [6.07, 6.45) is -2.16. The molecule has 0 radical (unpaired) electrons. The van der Waals surface area contributed by atoms with Crippen LogP contribution in [0.1, 0.15) is 28.9 Å². The van der Waals surface area contributed by atoms with Gasteiger partial charge in [0.2, 0.25) is 0 Å². The highest BCUT2D eigenvalue weighted by Gasteiger charge is 2.18. The number of hydrogen-bond donors (Lipinski definition) is 2. The molecule has 0 heterocycles. The van der Waals surface area contributed by atoms with Crippen molar-refractivity contribution in [2.24, 2.45) is 0 Å². The normalized spacial score (nSPS) is 14.6. The second kappa shape index (κ2) is 5.64. The number of benzene rings is 1. The van der Waals surface area contributed by atoms with Gasteiger partial charge in [0.05, 0.1) is 17.0 Å². The molecule has 2 N–H and O–H groups in total. The van der Waals surface area contributed by atoms with Crippen LogP contribution in [0.2, 0.25) is 5.02 Å². The molecular formula is C11H12Cl2O3. The van der Waals surface area contributed by atoms with Gasteiger partial charge in [-0.3, -0.25) is 4.79 Å². The molecule has 16 heavy (non-hydrogen) atoms. The minimum atomic E-state index is -1.10. The van der Waals surface area contributed by atoms with Gasteiger partial charge in [0.25, 0.3) is 0 Å². The fourth-order valence-electron chi connectivity index (χ4n) is 1.31. The molecule has 0 aromatic heterocycles. The summed E-state index contributed by atoms with van der Waals surface area (Å²) in [7, 11) is 0. The molecule has 0 saturated carbocycles. The zero-order valence-corrected chi connectivity index (χ0v) is 10.2. The van der Waals surface area contributed by atoms with Gasteiger partial charge in [-0.2, -0.15) is 0 Å². The summed E-state index contributed by atoms with van der Waals surface area (Å²) in [5.74, 6) is -0.225. The topological polar surface area (TPSA) is 57.5 Å². The first-order valence-electron chi connectivity index (χ1n) is 4.70. The van der Waals surface area contributed by atoms with Crippen LogP contribution in [-0.2, 0) is 0 Å². The third kappa shape index (κ3) is 2.95. The first-order chi connectivity index (χ1) is 7.47. The van der Waals surface area contributed by atoms with Crippen LogP contribution < -0.4 is 0 Å². The first kappa shape index (κ1) is 13.5. The molecular weight excluding hydrogens is 251 g/mol. The van der Waals surface area contributed by atoms with E-state index in [1.165, 1.54) is 19.1 Å². The molecule has 2 atom stereocenters. The third-order valence-electron chi connectivity index (χ3n) is 2.24. The van der Waals surface area contributed by atoms with E-state index >= 15 is 0 Å². The molecule has 0 bridgehead atoms. The molecule has 1 rings (SSSR count). The standard InChI is InChI=1S/C11H12Cl2O3/c1-6(14)8-3-2-7(4-9(8)13)11(16)10(15)5-12/h2-4,10-11,15-16H,5H2,1H3. The van der Waals surface area contributed by atoms with Crippen molar-refractivity contribution in [3.8, 4) is 0 Å². The maximum absolute atomic E-state index is 11.1. The van der Waals surface area contributed by atoms with Crippen molar-refractivity contribution in [1.82, 2.24) is 0 Å². The molecule has 1 aromatic rings. The largest absolute Gasteiger partial charge is 0.389 e. The van der Waals surface area contributed by atoms with E-state index in [1.54, 1.807) is 6.07 Å². The van der Waals surface area contributed by atoms with Crippen molar-refractivity contribution in [2.75, 3.05) is 5.88 Å². The number of halogens is 2. The lowest BCUT2D eigenvalue weighted by Crippen LogP contribution is -2.19. The Morgan fingerprint density at radius 1 is 1.44 bits per heavy atom. The van der Waals surface area contributed by atoms with E-state index in [-0.39, 0.29) is 16.7 Å². The molecule has 0 amide bonds. The van der Waals surface area contributed by atoms with E-state index < -0.39 is 12.2 Å². The van der Waals surface area contributed by atoms with Crippen LogP contribution >= 0.6 is 23.2 Å². The first-order valence-corrected chi connectivity index (χ1v) is 5.61. The molecule has 0 fully saturated rings. The van der Waals surface area contributed by atoms with E-state index in [2.05, 4.69) is 0 Å². The number of Topliss-reactive ketones (excluding diaryl/α,β-unsaturated/α-hetero) is 1. The second-order valence-corrected chi connectivity index (χ2v) is 4.18. The van der Waals surface area contributed by atoms with Gasteiger partial charge < -0.3 is 10.2 Å². The van der Waals surface area contributed by atoms with Gasteiger partial charge in [-0.25, -0.2) is 0 Å². The average molecular weight is 263 g/mol. The number of alkyl halides is 1. The third-order valence-corrected chi connectivity index (χ3v) is 2.87. The SMILES string of the molecule is CC(=O)c1ccc(C(O)C(O)CCl)cc1Cl. The van der Waals surface area contributed by atoms with Crippen LogP contribution in [0, 0.1) is 0 Å².